The van der Waals surface area contributed by atoms with Crippen molar-refractivity contribution in [2.45, 2.75) is 19.4 Å². The molecule has 3 heterocycles. The lowest BCUT2D eigenvalue weighted by molar-refractivity contribution is 0.478. The molecule has 5 heteroatoms. The van der Waals surface area contributed by atoms with E-state index in [1.807, 2.05) is 18.5 Å². The topological polar surface area (TPSA) is 29.0 Å². The smallest absolute Gasteiger partial charge is 0.138 e. The first kappa shape index (κ1) is 11.5. The molecule has 1 atom stereocenters. The summed E-state index contributed by atoms with van der Waals surface area (Å²) >= 11 is 8.23. The molecule has 1 unspecified atom stereocenters. The van der Waals surface area contributed by atoms with Gasteiger partial charge in [-0.2, -0.15) is 0 Å². The SMILES string of the molecule is CC1CCN1c1ncc(I)c2cc(Cl)ncc12. The summed E-state index contributed by atoms with van der Waals surface area (Å²) in [5.41, 5.74) is 0. The summed E-state index contributed by atoms with van der Waals surface area (Å²) in [7, 11) is 0. The molecule has 0 aromatic carbocycles. The molecular formula is C12H11ClIN3. The van der Waals surface area contributed by atoms with E-state index in [1.54, 1.807) is 0 Å². The number of hydrogen-bond acceptors (Lipinski definition) is 3. The van der Waals surface area contributed by atoms with Crippen molar-refractivity contribution in [3.8, 4) is 0 Å². The highest BCUT2D eigenvalue weighted by Crippen LogP contribution is 2.33. The fourth-order valence-corrected chi connectivity index (χ4v) is 2.87. The molecule has 1 saturated heterocycles. The van der Waals surface area contributed by atoms with E-state index in [1.165, 1.54) is 6.42 Å². The molecule has 0 aliphatic carbocycles. The van der Waals surface area contributed by atoms with Gasteiger partial charge in [0.25, 0.3) is 0 Å². The molecule has 0 radical (unpaired) electrons. The van der Waals surface area contributed by atoms with Crippen LogP contribution >= 0.6 is 34.2 Å². The maximum Gasteiger partial charge on any atom is 0.138 e. The molecule has 2 aromatic heterocycles. The lowest BCUT2D eigenvalue weighted by Crippen LogP contribution is -2.46. The van der Waals surface area contributed by atoms with E-state index in [9.17, 15) is 0 Å². The molecule has 88 valence electrons. The Balaban J connectivity index is 2.22. The molecule has 1 aliphatic heterocycles. The number of halogens is 2. The molecule has 3 rings (SSSR count). The Hall–Kier alpha value is -0.620. The number of pyridine rings is 2. The zero-order valence-electron chi connectivity index (χ0n) is 9.32. The van der Waals surface area contributed by atoms with Crippen LogP contribution in [-0.2, 0) is 0 Å². The number of hydrogen-bond donors (Lipinski definition) is 0. The standard InChI is InChI=1S/C12H11ClIN3/c1-7-2-3-17(7)12-9-5-15-11(13)4-8(9)10(14)6-16-12/h4-7H,2-3H2,1H3. The minimum Gasteiger partial charge on any atom is -0.353 e. The van der Waals surface area contributed by atoms with Crippen LogP contribution in [0.4, 0.5) is 5.82 Å². The Labute approximate surface area is 118 Å². The third-order valence-corrected chi connectivity index (χ3v) is 4.33. The van der Waals surface area contributed by atoms with Crippen molar-refractivity contribution in [1.82, 2.24) is 9.97 Å². The largest absolute Gasteiger partial charge is 0.353 e. The summed E-state index contributed by atoms with van der Waals surface area (Å²) < 4.78 is 1.11. The van der Waals surface area contributed by atoms with E-state index in [2.05, 4.69) is 44.4 Å². The highest BCUT2D eigenvalue weighted by molar-refractivity contribution is 14.1. The highest BCUT2D eigenvalue weighted by Gasteiger charge is 2.26. The van der Waals surface area contributed by atoms with Gasteiger partial charge in [-0.05, 0) is 42.0 Å². The summed E-state index contributed by atoms with van der Waals surface area (Å²) in [5.74, 6) is 1.03. The third kappa shape index (κ3) is 1.87. The minimum absolute atomic E-state index is 0.532. The van der Waals surface area contributed by atoms with E-state index in [0.29, 0.717) is 11.2 Å². The Morgan fingerprint density at radius 2 is 2.18 bits per heavy atom. The molecule has 0 amide bonds. The third-order valence-electron chi connectivity index (χ3n) is 3.26. The van der Waals surface area contributed by atoms with Gasteiger partial charge in [0, 0.05) is 39.3 Å². The summed E-state index contributed by atoms with van der Waals surface area (Å²) in [6.07, 6.45) is 4.96. The highest BCUT2D eigenvalue weighted by atomic mass is 127. The van der Waals surface area contributed by atoms with Crippen LogP contribution in [0.5, 0.6) is 0 Å². The fourth-order valence-electron chi connectivity index (χ4n) is 2.12. The van der Waals surface area contributed by atoms with Gasteiger partial charge in [0.2, 0.25) is 0 Å². The number of rotatable bonds is 1. The lowest BCUT2D eigenvalue weighted by Gasteiger charge is -2.40. The number of fused-ring (bicyclic) bond motifs is 1. The van der Waals surface area contributed by atoms with E-state index >= 15 is 0 Å². The van der Waals surface area contributed by atoms with E-state index < -0.39 is 0 Å². The van der Waals surface area contributed by atoms with Gasteiger partial charge in [-0.3, -0.25) is 0 Å². The Morgan fingerprint density at radius 3 is 2.82 bits per heavy atom. The second kappa shape index (κ2) is 4.24. The molecular weight excluding hydrogens is 349 g/mol. The first-order valence-electron chi connectivity index (χ1n) is 5.53. The molecule has 1 fully saturated rings. The second-order valence-electron chi connectivity index (χ2n) is 4.31. The first-order chi connectivity index (χ1) is 8.16. The molecule has 0 N–H and O–H groups in total. The summed E-state index contributed by atoms with van der Waals surface area (Å²) in [6.45, 7) is 3.30. The van der Waals surface area contributed by atoms with Crippen molar-refractivity contribution in [2.24, 2.45) is 0 Å². The van der Waals surface area contributed by atoms with Gasteiger partial charge in [-0.25, -0.2) is 9.97 Å². The predicted octanol–water partition coefficient (Wildman–Crippen LogP) is 3.49. The average Bonchev–Trinajstić information content (AvgIpc) is 2.31. The van der Waals surface area contributed by atoms with Gasteiger partial charge in [-0.1, -0.05) is 11.6 Å². The van der Waals surface area contributed by atoms with Gasteiger partial charge in [0.15, 0.2) is 0 Å². The van der Waals surface area contributed by atoms with E-state index in [-0.39, 0.29) is 0 Å². The van der Waals surface area contributed by atoms with Crippen molar-refractivity contribution in [3.63, 3.8) is 0 Å². The Morgan fingerprint density at radius 1 is 1.35 bits per heavy atom. The number of aromatic nitrogens is 2. The molecule has 17 heavy (non-hydrogen) atoms. The summed E-state index contributed by atoms with van der Waals surface area (Å²) in [5, 5.41) is 2.76. The van der Waals surface area contributed by atoms with Crippen LogP contribution in [0.3, 0.4) is 0 Å². The van der Waals surface area contributed by atoms with E-state index in [4.69, 9.17) is 11.6 Å². The van der Waals surface area contributed by atoms with Gasteiger partial charge < -0.3 is 4.90 Å². The van der Waals surface area contributed by atoms with Crippen molar-refractivity contribution in [1.29, 1.82) is 0 Å². The Bertz CT molecular complexity index is 587. The summed E-state index contributed by atoms with van der Waals surface area (Å²) in [4.78, 5) is 11.0. The quantitative estimate of drug-likeness (QED) is 0.576. The van der Waals surface area contributed by atoms with E-state index in [0.717, 1.165) is 26.7 Å². The minimum atomic E-state index is 0.532. The molecule has 1 aliphatic rings. The zero-order chi connectivity index (χ0) is 12.0. The van der Waals surface area contributed by atoms with Crippen molar-refractivity contribution < 1.29 is 0 Å². The molecule has 0 saturated carbocycles. The normalized spacial score (nSPS) is 19.5. The molecule has 3 nitrogen and oxygen atoms in total. The fraction of sp³-hybridized carbons (Fsp3) is 0.333. The molecule has 0 spiro atoms. The zero-order valence-corrected chi connectivity index (χ0v) is 12.2. The van der Waals surface area contributed by atoms with Crippen LogP contribution in [0.25, 0.3) is 10.8 Å². The van der Waals surface area contributed by atoms with Crippen LogP contribution in [-0.4, -0.2) is 22.6 Å². The van der Waals surface area contributed by atoms with Gasteiger partial charge in [0.1, 0.15) is 11.0 Å². The van der Waals surface area contributed by atoms with Crippen molar-refractivity contribution in [2.75, 3.05) is 11.4 Å². The van der Waals surface area contributed by atoms with Gasteiger partial charge in [-0.15, -0.1) is 0 Å². The van der Waals surface area contributed by atoms with Crippen molar-refractivity contribution in [3.05, 3.63) is 27.2 Å². The number of nitrogens with zero attached hydrogens (tertiary/aromatic N) is 3. The van der Waals surface area contributed by atoms with Crippen LogP contribution in [0, 0.1) is 3.57 Å². The lowest BCUT2D eigenvalue weighted by atomic mass is 10.0. The monoisotopic (exact) mass is 359 g/mol. The van der Waals surface area contributed by atoms with Crippen LogP contribution in [0.1, 0.15) is 13.3 Å². The summed E-state index contributed by atoms with van der Waals surface area (Å²) in [6, 6.07) is 2.48. The maximum atomic E-state index is 5.95. The predicted molar refractivity (Wildman–Crippen MR) is 78.7 cm³/mol. The molecule has 2 aromatic rings. The van der Waals surface area contributed by atoms with Crippen LogP contribution in [0.2, 0.25) is 5.15 Å². The first-order valence-corrected chi connectivity index (χ1v) is 6.99. The maximum absolute atomic E-state index is 5.95. The molecule has 0 bridgehead atoms. The Kier molecular flexibility index (Phi) is 2.86. The second-order valence-corrected chi connectivity index (χ2v) is 5.86. The van der Waals surface area contributed by atoms with Crippen LogP contribution < -0.4 is 4.90 Å². The van der Waals surface area contributed by atoms with Crippen molar-refractivity contribution >= 4 is 50.8 Å². The van der Waals surface area contributed by atoms with Crippen LogP contribution in [0.15, 0.2) is 18.5 Å². The number of anilines is 1. The van der Waals surface area contributed by atoms with Gasteiger partial charge >= 0.3 is 0 Å². The van der Waals surface area contributed by atoms with Gasteiger partial charge in [0.05, 0.1) is 0 Å². The average molecular weight is 360 g/mol.